The first-order valence-corrected chi connectivity index (χ1v) is 15.9. The van der Waals surface area contributed by atoms with Gasteiger partial charge in [-0.2, -0.15) is 0 Å². The zero-order valence-corrected chi connectivity index (χ0v) is 23.6. The number of esters is 1. The number of β-lactam (4-membered cyclic amide) rings is 1. The van der Waals surface area contributed by atoms with Crippen molar-refractivity contribution in [1.82, 2.24) is 15.5 Å². The maximum Gasteiger partial charge on any atom is 0.407 e. The van der Waals surface area contributed by atoms with E-state index in [1.807, 2.05) is 26.6 Å². The topological polar surface area (TPSA) is 132 Å². The summed E-state index contributed by atoms with van der Waals surface area (Å²) in [6.07, 6.45) is 2.94. The quantitative estimate of drug-likeness (QED) is 0.105. The average molecular weight is 550 g/mol. The van der Waals surface area contributed by atoms with Gasteiger partial charge in [-0.15, -0.1) is 0 Å². The van der Waals surface area contributed by atoms with Crippen LogP contribution >= 0.6 is 0 Å². The molecule has 11 nitrogen and oxygen atoms in total. The molecule has 0 radical (unpaired) electrons. The molecule has 0 aliphatic carbocycles. The van der Waals surface area contributed by atoms with Crippen LogP contribution in [0.1, 0.15) is 13.3 Å². The fraction of sp³-hybridized carbons (Fsp3) is 0.538. The standard InChI is InChI=1S/C26H39N3O8Si/c1-8-11-34-24(31)22-19(14-20-21(23(30)29(20)22)17(4)37-38(5,6)7)18(15-27-25(32)35-12-9-2)16-28-26(33)36-13-10-3/h8-10,17-18,20-21H,1-3,11-16H2,4-7H3,(H,27,32)(H,28,33)/t17-,20-,21-/m1/s1. The summed E-state index contributed by atoms with van der Waals surface area (Å²) in [5, 5.41) is 5.30. The molecule has 0 aromatic carbocycles. The van der Waals surface area contributed by atoms with E-state index >= 15 is 0 Å². The van der Waals surface area contributed by atoms with Crippen molar-refractivity contribution in [2.75, 3.05) is 32.9 Å². The monoisotopic (exact) mass is 549 g/mol. The lowest BCUT2D eigenvalue weighted by Crippen LogP contribution is -2.63. The van der Waals surface area contributed by atoms with Gasteiger partial charge in [-0.05, 0) is 38.6 Å². The smallest absolute Gasteiger partial charge is 0.407 e. The highest BCUT2D eigenvalue weighted by atomic mass is 28.4. The number of nitrogens with one attached hydrogen (secondary N) is 2. The molecule has 2 heterocycles. The summed E-state index contributed by atoms with van der Waals surface area (Å²) >= 11 is 0. The number of carbonyl (C=O) groups is 4. The van der Waals surface area contributed by atoms with Crippen LogP contribution in [0, 0.1) is 11.8 Å². The third kappa shape index (κ3) is 8.06. The molecule has 0 bridgehead atoms. The average Bonchev–Trinajstić information content (AvgIpc) is 3.18. The van der Waals surface area contributed by atoms with E-state index in [4.69, 9.17) is 18.6 Å². The molecule has 0 saturated carbocycles. The van der Waals surface area contributed by atoms with Gasteiger partial charge < -0.3 is 34.2 Å². The van der Waals surface area contributed by atoms with Gasteiger partial charge in [0.15, 0.2) is 8.32 Å². The Balaban J connectivity index is 2.35. The van der Waals surface area contributed by atoms with E-state index in [1.54, 1.807) is 0 Å². The van der Waals surface area contributed by atoms with Crippen LogP contribution in [0.5, 0.6) is 0 Å². The minimum Gasteiger partial charge on any atom is -0.457 e. The molecule has 38 heavy (non-hydrogen) atoms. The summed E-state index contributed by atoms with van der Waals surface area (Å²) in [4.78, 5) is 52.1. The molecule has 0 aromatic rings. The Kier molecular flexibility index (Phi) is 11.3. The van der Waals surface area contributed by atoms with Crippen molar-refractivity contribution in [3.63, 3.8) is 0 Å². The molecule has 210 valence electrons. The van der Waals surface area contributed by atoms with Crippen molar-refractivity contribution < 1.29 is 37.8 Å². The second-order valence-electron chi connectivity index (χ2n) is 9.93. The zero-order valence-electron chi connectivity index (χ0n) is 22.6. The van der Waals surface area contributed by atoms with Gasteiger partial charge in [-0.1, -0.05) is 38.0 Å². The van der Waals surface area contributed by atoms with E-state index in [9.17, 15) is 19.2 Å². The summed E-state index contributed by atoms with van der Waals surface area (Å²) in [6, 6.07) is -0.307. The second-order valence-corrected chi connectivity index (χ2v) is 14.4. The van der Waals surface area contributed by atoms with Gasteiger partial charge in [-0.3, -0.25) is 4.79 Å². The third-order valence-electron chi connectivity index (χ3n) is 5.96. The van der Waals surface area contributed by atoms with Gasteiger partial charge >= 0.3 is 18.2 Å². The molecule has 3 atom stereocenters. The first kappa shape index (κ1) is 30.8. The number of hydrogen-bond acceptors (Lipinski definition) is 8. The molecule has 2 aliphatic heterocycles. The molecule has 1 fully saturated rings. The van der Waals surface area contributed by atoms with Crippen molar-refractivity contribution in [3.05, 3.63) is 49.2 Å². The molecular formula is C26H39N3O8Si. The van der Waals surface area contributed by atoms with Crippen LogP contribution in [-0.4, -0.2) is 82.3 Å². The van der Waals surface area contributed by atoms with Gasteiger partial charge in [0.25, 0.3) is 0 Å². The van der Waals surface area contributed by atoms with Gasteiger partial charge in [0.1, 0.15) is 25.5 Å². The zero-order chi connectivity index (χ0) is 28.5. The Morgan fingerprint density at radius 2 is 1.47 bits per heavy atom. The van der Waals surface area contributed by atoms with Crippen molar-refractivity contribution in [2.24, 2.45) is 11.8 Å². The van der Waals surface area contributed by atoms with Crippen molar-refractivity contribution >= 4 is 32.4 Å². The van der Waals surface area contributed by atoms with E-state index in [-0.39, 0.29) is 56.7 Å². The predicted molar refractivity (Wildman–Crippen MR) is 143 cm³/mol. The number of nitrogens with zero attached hydrogens (tertiary/aromatic N) is 1. The van der Waals surface area contributed by atoms with Crippen LogP contribution in [0.25, 0.3) is 0 Å². The molecule has 2 N–H and O–H groups in total. The fourth-order valence-corrected chi connectivity index (χ4v) is 5.84. The summed E-state index contributed by atoms with van der Waals surface area (Å²) < 4.78 is 21.5. The molecule has 0 spiro atoms. The summed E-state index contributed by atoms with van der Waals surface area (Å²) in [6.45, 7) is 18.6. The number of rotatable bonds is 15. The van der Waals surface area contributed by atoms with Gasteiger partial charge in [0, 0.05) is 19.0 Å². The molecule has 2 rings (SSSR count). The fourth-order valence-electron chi connectivity index (χ4n) is 4.58. The van der Waals surface area contributed by atoms with E-state index in [1.165, 1.54) is 23.1 Å². The maximum absolute atomic E-state index is 13.3. The Hall–Kier alpha value is -3.38. The molecule has 0 unspecified atom stereocenters. The Morgan fingerprint density at radius 1 is 0.974 bits per heavy atom. The Morgan fingerprint density at radius 3 is 1.95 bits per heavy atom. The number of carbonyl (C=O) groups excluding carboxylic acids is 4. The lowest BCUT2D eigenvalue weighted by Gasteiger charge is -2.47. The highest BCUT2D eigenvalue weighted by molar-refractivity contribution is 6.69. The third-order valence-corrected chi connectivity index (χ3v) is 7.04. The maximum atomic E-state index is 13.3. The highest BCUT2D eigenvalue weighted by Crippen LogP contribution is 2.46. The number of alkyl carbamates (subject to hydrolysis) is 2. The molecule has 12 heteroatoms. The Labute approximate surface area is 225 Å². The minimum atomic E-state index is -1.93. The van der Waals surface area contributed by atoms with Crippen molar-refractivity contribution in [2.45, 2.75) is 45.1 Å². The molecule has 3 amide bonds. The van der Waals surface area contributed by atoms with Gasteiger partial charge in [0.05, 0.1) is 18.1 Å². The van der Waals surface area contributed by atoms with Gasteiger partial charge in [0.2, 0.25) is 5.91 Å². The largest absolute Gasteiger partial charge is 0.457 e. The van der Waals surface area contributed by atoms with Gasteiger partial charge in [-0.25, -0.2) is 14.4 Å². The lowest BCUT2D eigenvalue weighted by atomic mass is 9.82. The van der Waals surface area contributed by atoms with Crippen LogP contribution in [0.3, 0.4) is 0 Å². The summed E-state index contributed by atoms with van der Waals surface area (Å²) in [5.41, 5.74) is 0.693. The molecule has 2 aliphatic rings. The first-order valence-electron chi connectivity index (χ1n) is 12.5. The second kappa shape index (κ2) is 14.0. The van der Waals surface area contributed by atoms with Crippen LogP contribution in [-0.2, 0) is 28.2 Å². The van der Waals surface area contributed by atoms with E-state index in [0.29, 0.717) is 12.0 Å². The summed E-state index contributed by atoms with van der Waals surface area (Å²) in [7, 11) is -1.93. The van der Waals surface area contributed by atoms with Crippen molar-refractivity contribution in [1.29, 1.82) is 0 Å². The van der Waals surface area contributed by atoms with Crippen LogP contribution in [0.4, 0.5) is 9.59 Å². The summed E-state index contributed by atoms with van der Waals surface area (Å²) in [5.74, 6) is -1.91. The van der Waals surface area contributed by atoms with Crippen LogP contribution in [0.2, 0.25) is 19.6 Å². The number of fused-ring (bicyclic) bond motifs is 1. The van der Waals surface area contributed by atoms with Crippen LogP contribution < -0.4 is 10.6 Å². The molecule has 0 aromatic heterocycles. The SMILES string of the molecule is C=CCOC(=O)NCC(CNC(=O)OCC=C)C1=C(C(=O)OCC=C)N2C(=O)[C@H]([C@@H](C)O[Si](C)(C)C)[C@H]2C1. The number of hydrogen-bond donors (Lipinski definition) is 2. The number of amides is 3. The predicted octanol–water partition coefficient (Wildman–Crippen LogP) is 2.88. The lowest BCUT2D eigenvalue weighted by molar-refractivity contribution is -0.161. The van der Waals surface area contributed by atoms with E-state index < -0.39 is 38.3 Å². The van der Waals surface area contributed by atoms with E-state index in [0.717, 1.165) is 0 Å². The first-order chi connectivity index (χ1) is 17.9. The normalized spacial score (nSPS) is 19.2. The van der Waals surface area contributed by atoms with Crippen LogP contribution in [0.15, 0.2) is 49.2 Å². The molecule has 1 saturated heterocycles. The Bertz CT molecular complexity index is 946. The number of ether oxygens (including phenoxy) is 3. The minimum absolute atomic E-state index is 0.0193. The highest BCUT2D eigenvalue weighted by Gasteiger charge is 2.58. The van der Waals surface area contributed by atoms with E-state index in [2.05, 4.69) is 30.4 Å². The van der Waals surface area contributed by atoms with Crippen molar-refractivity contribution in [3.8, 4) is 0 Å². The molecular weight excluding hydrogens is 510 g/mol.